The molecule has 0 amide bonds. The molecule has 0 radical (unpaired) electrons. The zero-order valence-electron chi connectivity index (χ0n) is 10.9. The minimum atomic E-state index is -0.824. The predicted molar refractivity (Wildman–Crippen MR) is 74.5 cm³/mol. The first-order valence-corrected chi connectivity index (χ1v) is 6.28. The van der Waals surface area contributed by atoms with Crippen molar-refractivity contribution in [2.45, 2.75) is 12.8 Å². The van der Waals surface area contributed by atoms with Crippen molar-refractivity contribution in [3.63, 3.8) is 0 Å². The van der Waals surface area contributed by atoms with Gasteiger partial charge in [0, 0.05) is 24.2 Å². The third-order valence-electron chi connectivity index (χ3n) is 3.31. The molecule has 0 saturated carbocycles. The quantitative estimate of drug-likeness (QED) is 0.792. The Balaban J connectivity index is 1.96. The second-order valence-electron chi connectivity index (χ2n) is 4.64. The Morgan fingerprint density at radius 3 is 2.70 bits per heavy atom. The molecule has 0 saturated heterocycles. The first-order chi connectivity index (χ1) is 9.65. The molecule has 0 fully saturated rings. The van der Waals surface area contributed by atoms with Crippen LogP contribution in [0.3, 0.4) is 0 Å². The number of rotatable bonds is 3. The monoisotopic (exact) mass is 267 g/mol. The lowest BCUT2D eigenvalue weighted by Crippen LogP contribution is -2.06. The van der Waals surface area contributed by atoms with Crippen molar-refractivity contribution in [3.8, 4) is 11.3 Å². The van der Waals surface area contributed by atoms with E-state index in [9.17, 15) is 4.79 Å². The van der Waals surface area contributed by atoms with Crippen LogP contribution in [0.4, 0.5) is 0 Å². The van der Waals surface area contributed by atoms with Gasteiger partial charge in [0.1, 0.15) is 0 Å². The molecule has 3 aromatic rings. The Kier molecular flexibility index (Phi) is 2.95. The lowest BCUT2D eigenvalue weighted by Gasteiger charge is -2.06. The van der Waals surface area contributed by atoms with Crippen LogP contribution < -0.4 is 0 Å². The fourth-order valence-corrected chi connectivity index (χ4v) is 2.05. The zero-order chi connectivity index (χ0) is 14.1. The van der Waals surface area contributed by atoms with E-state index < -0.39 is 11.9 Å². The Bertz CT molecular complexity index is 729. The number of imidazole rings is 1. The Labute approximate surface area is 115 Å². The highest BCUT2D eigenvalue weighted by molar-refractivity contribution is 5.76. The average Bonchev–Trinajstić information content (AvgIpc) is 2.90. The van der Waals surface area contributed by atoms with Gasteiger partial charge in [-0.05, 0) is 18.6 Å². The van der Waals surface area contributed by atoms with Gasteiger partial charge >= 0.3 is 5.97 Å². The Morgan fingerprint density at radius 1 is 1.30 bits per heavy atom. The predicted octanol–water partition coefficient (Wildman–Crippen LogP) is 2.58. The second kappa shape index (κ2) is 4.77. The normalized spacial score (nSPS) is 12.4. The summed E-state index contributed by atoms with van der Waals surface area (Å²) in [6.07, 6.45) is 5.49. The summed E-state index contributed by atoms with van der Waals surface area (Å²) in [5.41, 5.74) is 2.54. The van der Waals surface area contributed by atoms with Crippen molar-refractivity contribution < 1.29 is 9.90 Å². The highest BCUT2D eigenvalue weighted by Gasteiger charge is 2.13. The van der Waals surface area contributed by atoms with E-state index in [4.69, 9.17) is 5.11 Å². The summed E-state index contributed by atoms with van der Waals surface area (Å²) in [6, 6.07) is 9.26. The van der Waals surface area contributed by atoms with E-state index in [1.807, 2.05) is 47.1 Å². The molecule has 0 aliphatic rings. The van der Waals surface area contributed by atoms with E-state index in [0.717, 1.165) is 16.8 Å². The molecule has 2 aromatic heterocycles. The fraction of sp³-hybridized carbons (Fsp3) is 0.133. The molecule has 1 unspecified atom stereocenters. The highest BCUT2D eigenvalue weighted by atomic mass is 16.4. The summed E-state index contributed by atoms with van der Waals surface area (Å²) in [5, 5.41) is 8.99. The molecule has 0 spiro atoms. The number of hydrogen-bond donors (Lipinski definition) is 1. The van der Waals surface area contributed by atoms with E-state index >= 15 is 0 Å². The van der Waals surface area contributed by atoms with Crippen molar-refractivity contribution in [1.29, 1.82) is 0 Å². The van der Waals surface area contributed by atoms with Crippen molar-refractivity contribution >= 4 is 11.7 Å². The molecule has 100 valence electrons. The molecule has 0 bridgehead atoms. The zero-order valence-corrected chi connectivity index (χ0v) is 10.9. The lowest BCUT2D eigenvalue weighted by atomic mass is 9.99. The van der Waals surface area contributed by atoms with E-state index in [1.165, 1.54) is 0 Å². The van der Waals surface area contributed by atoms with Crippen molar-refractivity contribution in [1.82, 2.24) is 14.4 Å². The SMILES string of the molecule is CC(C(=O)O)c1ccc(-c2cn3cccnc3n2)cc1. The lowest BCUT2D eigenvalue weighted by molar-refractivity contribution is -0.138. The molecule has 1 aromatic carbocycles. The first kappa shape index (κ1) is 12.3. The van der Waals surface area contributed by atoms with Crippen LogP contribution in [0.25, 0.3) is 17.0 Å². The van der Waals surface area contributed by atoms with Crippen LogP contribution in [-0.4, -0.2) is 25.4 Å². The number of carboxylic acids is 1. The summed E-state index contributed by atoms with van der Waals surface area (Å²) < 4.78 is 1.85. The molecule has 20 heavy (non-hydrogen) atoms. The number of carbonyl (C=O) groups is 1. The number of aliphatic carboxylic acids is 1. The van der Waals surface area contributed by atoms with Crippen LogP contribution in [0.1, 0.15) is 18.4 Å². The number of hydrogen-bond acceptors (Lipinski definition) is 3. The summed E-state index contributed by atoms with van der Waals surface area (Å²) in [5.74, 6) is -0.688. The van der Waals surface area contributed by atoms with Gasteiger partial charge in [0.25, 0.3) is 0 Å². The summed E-state index contributed by atoms with van der Waals surface area (Å²) >= 11 is 0. The van der Waals surface area contributed by atoms with Gasteiger partial charge in [-0.15, -0.1) is 0 Å². The molecule has 5 nitrogen and oxygen atoms in total. The third kappa shape index (κ3) is 2.14. The molecule has 1 atom stereocenters. The minimum Gasteiger partial charge on any atom is -0.481 e. The van der Waals surface area contributed by atoms with E-state index in [0.29, 0.717) is 5.78 Å². The number of nitrogens with zero attached hydrogens (tertiary/aromatic N) is 3. The highest BCUT2D eigenvalue weighted by Crippen LogP contribution is 2.22. The standard InChI is InChI=1S/C15H13N3O2/c1-10(14(19)20)11-3-5-12(6-4-11)13-9-18-8-2-7-16-15(18)17-13/h2-10H,1H3,(H,19,20). The minimum absolute atomic E-state index is 0.508. The average molecular weight is 267 g/mol. The summed E-state index contributed by atoms with van der Waals surface area (Å²) in [6.45, 7) is 1.67. The maximum Gasteiger partial charge on any atom is 0.310 e. The molecule has 1 N–H and O–H groups in total. The van der Waals surface area contributed by atoms with E-state index in [2.05, 4.69) is 9.97 Å². The number of aromatic nitrogens is 3. The molecule has 3 rings (SSSR count). The van der Waals surface area contributed by atoms with Crippen LogP contribution in [0.15, 0.2) is 48.9 Å². The molecule has 5 heteroatoms. The van der Waals surface area contributed by atoms with Crippen LogP contribution >= 0.6 is 0 Å². The first-order valence-electron chi connectivity index (χ1n) is 6.28. The topological polar surface area (TPSA) is 67.5 Å². The smallest absolute Gasteiger partial charge is 0.310 e. The van der Waals surface area contributed by atoms with Gasteiger partial charge in [-0.2, -0.15) is 0 Å². The van der Waals surface area contributed by atoms with Crippen LogP contribution in [0.5, 0.6) is 0 Å². The van der Waals surface area contributed by atoms with Gasteiger partial charge in [-0.25, -0.2) is 9.97 Å². The van der Waals surface area contributed by atoms with Gasteiger partial charge in [0.05, 0.1) is 11.6 Å². The van der Waals surface area contributed by atoms with Crippen molar-refractivity contribution in [2.24, 2.45) is 0 Å². The maximum atomic E-state index is 10.9. The maximum absolute atomic E-state index is 10.9. The number of benzene rings is 1. The van der Waals surface area contributed by atoms with Crippen LogP contribution in [-0.2, 0) is 4.79 Å². The fourth-order valence-electron chi connectivity index (χ4n) is 2.05. The van der Waals surface area contributed by atoms with E-state index in [-0.39, 0.29) is 0 Å². The number of fused-ring (bicyclic) bond motifs is 1. The number of carboxylic acid groups (broad SMARTS) is 1. The third-order valence-corrected chi connectivity index (χ3v) is 3.31. The summed E-state index contributed by atoms with van der Waals surface area (Å²) in [4.78, 5) is 19.5. The summed E-state index contributed by atoms with van der Waals surface area (Å²) in [7, 11) is 0. The van der Waals surface area contributed by atoms with Crippen LogP contribution in [0.2, 0.25) is 0 Å². The van der Waals surface area contributed by atoms with Gasteiger partial charge in [0.2, 0.25) is 5.78 Å². The molecular formula is C15H13N3O2. The molecule has 2 heterocycles. The molecular weight excluding hydrogens is 254 g/mol. The van der Waals surface area contributed by atoms with Crippen molar-refractivity contribution in [2.75, 3.05) is 0 Å². The largest absolute Gasteiger partial charge is 0.481 e. The molecule has 0 aliphatic heterocycles. The Hall–Kier alpha value is -2.69. The molecule has 0 aliphatic carbocycles. The van der Waals surface area contributed by atoms with Gasteiger partial charge < -0.3 is 5.11 Å². The van der Waals surface area contributed by atoms with Gasteiger partial charge in [0.15, 0.2) is 0 Å². The second-order valence-corrected chi connectivity index (χ2v) is 4.64. The van der Waals surface area contributed by atoms with Crippen LogP contribution in [0, 0.1) is 0 Å². The van der Waals surface area contributed by atoms with Gasteiger partial charge in [-0.1, -0.05) is 24.3 Å². The Morgan fingerprint density at radius 2 is 2.05 bits per heavy atom. The van der Waals surface area contributed by atoms with Crippen molar-refractivity contribution in [3.05, 3.63) is 54.5 Å². The van der Waals surface area contributed by atoms with E-state index in [1.54, 1.807) is 13.1 Å². The van der Waals surface area contributed by atoms with Gasteiger partial charge in [-0.3, -0.25) is 9.20 Å².